The van der Waals surface area contributed by atoms with Crippen molar-refractivity contribution < 1.29 is 9.59 Å². The van der Waals surface area contributed by atoms with Crippen molar-refractivity contribution in [3.63, 3.8) is 0 Å². The Morgan fingerprint density at radius 2 is 1.84 bits per heavy atom. The first-order valence-corrected chi connectivity index (χ1v) is 8.97. The molecule has 25 heavy (non-hydrogen) atoms. The van der Waals surface area contributed by atoms with Crippen LogP contribution in [0.25, 0.3) is 0 Å². The van der Waals surface area contributed by atoms with Crippen molar-refractivity contribution >= 4 is 17.5 Å². The number of rotatable bonds is 3. The number of anilines is 1. The third-order valence-corrected chi connectivity index (χ3v) is 5.24. The van der Waals surface area contributed by atoms with E-state index in [0.717, 1.165) is 42.6 Å². The van der Waals surface area contributed by atoms with Gasteiger partial charge in [-0.3, -0.25) is 14.5 Å². The first kappa shape index (κ1) is 15.9. The molecule has 2 aromatic rings. The number of aryl methyl sites for hydroxylation is 1. The zero-order valence-electron chi connectivity index (χ0n) is 14.4. The Morgan fingerprint density at radius 1 is 1.12 bits per heavy atom. The van der Waals surface area contributed by atoms with Gasteiger partial charge < -0.3 is 9.88 Å². The molecule has 0 spiro atoms. The Morgan fingerprint density at radius 3 is 2.56 bits per heavy atom. The predicted octanol–water partition coefficient (Wildman–Crippen LogP) is 2.94. The van der Waals surface area contributed by atoms with E-state index in [2.05, 4.69) is 5.32 Å². The maximum Gasteiger partial charge on any atom is 0.249 e. The van der Waals surface area contributed by atoms with Gasteiger partial charge in [0.15, 0.2) is 6.04 Å². The van der Waals surface area contributed by atoms with E-state index in [1.54, 1.807) is 4.90 Å². The number of aromatic nitrogens is 1. The third-order valence-electron chi connectivity index (χ3n) is 5.24. The van der Waals surface area contributed by atoms with Crippen molar-refractivity contribution in [2.45, 2.75) is 51.2 Å². The minimum Gasteiger partial charge on any atom is -0.351 e. The van der Waals surface area contributed by atoms with Gasteiger partial charge >= 0.3 is 0 Å². The number of benzene rings is 1. The smallest absolute Gasteiger partial charge is 0.249 e. The summed E-state index contributed by atoms with van der Waals surface area (Å²) in [6.07, 6.45) is 6.24. The lowest BCUT2D eigenvalue weighted by molar-refractivity contribution is -0.128. The molecular weight excluding hydrogens is 314 g/mol. The molecule has 4 rings (SSSR count). The fourth-order valence-electron chi connectivity index (χ4n) is 3.92. The number of fused-ring (bicyclic) bond motifs is 1. The standard InChI is InChI=1S/C20H23N3O2/c1-14-8-10-16(11-9-14)23-18(24)13-22-12-4-7-17(22)19(23)20(25)21-15-5-2-3-6-15/h4,7-12,15,19H,2-3,5-6,13H2,1H3,(H,21,25). The SMILES string of the molecule is Cc1ccc(N2C(=O)Cn3cccc3C2C(=O)NC2CCCC2)cc1. The number of nitrogens with one attached hydrogen (secondary N) is 1. The van der Waals surface area contributed by atoms with Crippen molar-refractivity contribution in [1.82, 2.24) is 9.88 Å². The number of hydrogen-bond donors (Lipinski definition) is 1. The molecule has 1 unspecified atom stereocenters. The van der Waals surface area contributed by atoms with Crippen molar-refractivity contribution in [2.24, 2.45) is 0 Å². The van der Waals surface area contributed by atoms with Crippen molar-refractivity contribution in [1.29, 1.82) is 0 Å². The van der Waals surface area contributed by atoms with E-state index < -0.39 is 6.04 Å². The van der Waals surface area contributed by atoms with Gasteiger partial charge in [-0.15, -0.1) is 0 Å². The van der Waals surface area contributed by atoms with E-state index in [1.807, 2.05) is 54.1 Å². The molecule has 2 amide bonds. The largest absolute Gasteiger partial charge is 0.351 e. The first-order chi connectivity index (χ1) is 12.1. The maximum absolute atomic E-state index is 13.1. The van der Waals surface area contributed by atoms with Crippen LogP contribution < -0.4 is 10.2 Å². The number of amides is 2. The first-order valence-electron chi connectivity index (χ1n) is 8.97. The Bertz CT molecular complexity index is 788. The zero-order chi connectivity index (χ0) is 17.4. The summed E-state index contributed by atoms with van der Waals surface area (Å²) in [4.78, 5) is 27.6. The summed E-state index contributed by atoms with van der Waals surface area (Å²) in [6.45, 7) is 2.28. The summed E-state index contributed by atoms with van der Waals surface area (Å²) in [5, 5.41) is 3.16. The van der Waals surface area contributed by atoms with Crippen molar-refractivity contribution in [3.05, 3.63) is 53.9 Å². The predicted molar refractivity (Wildman–Crippen MR) is 96.2 cm³/mol. The number of carbonyl (C=O) groups is 2. The molecule has 1 aliphatic heterocycles. The highest BCUT2D eigenvalue weighted by atomic mass is 16.2. The van der Waals surface area contributed by atoms with Crippen molar-refractivity contribution in [2.75, 3.05) is 4.90 Å². The highest BCUT2D eigenvalue weighted by molar-refractivity contribution is 6.02. The second kappa shape index (κ2) is 6.39. The molecule has 0 bridgehead atoms. The normalized spacial score (nSPS) is 20.6. The number of hydrogen-bond acceptors (Lipinski definition) is 2. The molecule has 1 aromatic heterocycles. The monoisotopic (exact) mass is 337 g/mol. The summed E-state index contributed by atoms with van der Waals surface area (Å²) in [6, 6.07) is 11.2. The van der Waals surface area contributed by atoms with Crippen LogP contribution in [0.1, 0.15) is 43.0 Å². The average Bonchev–Trinajstić information content (AvgIpc) is 3.26. The van der Waals surface area contributed by atoms with Crippen molar-refractivity contribution in [3.8, 4) is 0 Å². The van der Waals surface area contributed by atoms with Crippen LogP contribution in [-0.2, 0) is 16.1 Å². The van der Waals surface area contributed by atoms with E-state index in [4.69, 9.17) is 0 Å². The van der Waals surface area contributed by atoms with E-state index in [1.165, 1.54) is 0 Å². The molecule has 130 valence electrons. The summed E-state index contributed by atoms with van der Waals surface area (Å²) >= 11 is 0. The molecule has 0 saturated heterocycles. The second-order valence-corrected chi connectivity index (χ2v) is 7.05. The average molecular weight is 337 g/mol. The van der Waals surface area contributed by atoms with Crippen LogP contribution in [0.5, 0.6) is 0 Å². The minimum atomic E-state index is -0.612. The fraction of sp³-hybridized carbons (Fsp3) is 0.400. The Kier molecular flexibility index (Phi) is 4.07. The van der Waals surface area contributed by atoms with Crippen LogP contribution in [0.4, 0.5) is 5.69 Å². The van der Waals surface area contributed by atoms with Gasteiger partial charge in [-0.05, 0) is 44.0 Å². The van der Waals surface area contributed by atoms with Crippen LogP contribution in [-0.4, -0.2) is 22.4 Å². The van der Waals surface area contributed by atoms with Crippen LogP contribution in [0, 0.1) is 6.92 Å². The lowest BCUT2D eigenvalue weighted by Gasteiger charge is -2.36. The van der Waals surface area contributed by atoms with Gasteiger partial charge in [0.1, 0.15) is 6.54 Å². The maximum atomic E-state index is 13.1. The molecule has 2 aliphatic rings. The van der Waals surface area contributed by atoms with Gasteiger partial charge in [-0.2, -0.15) is 0 Å². The Labute approximate surface area is 147 Å². The molecule has 1 aromatic carbocycles. The van der Waals surface area contributed by atoms with Gasteiger partial charge in [-0.25, -0.2) is 0 Å². The molecule has 5 nitrogen and oxygen atoms in total. The van der Waals surface area contributed by atoms with E-state index in [0.29, 0.717) is 0 Å². The lowest BCUT2D eigenvalue weighted by atomic mass is 10.1. The van der Waals surface area contributed by atoms with Crippen LogP contribution in [0.15, 0.2) is 42.6 Å². The molecule has 0 radical (unpaired) electrons. The van der Waals surface area contributed by atoms with Gasteiger partial charge in [0.05, 0.1) is 5.69 Å². The van der Waals surface area contributed by atoms with Crippen LogP contribution in [0.3, 0.4) is 0 Å². The zero-order valence-corrected chi connectivity index (χ0v) is 14.4. The molecule has 1 fully saturated rings. The summed E-state index contributed by atoms with van der Waals surface area (Å²) in [7, 11) is 0. The Hall–Kier alpha value is -2.56. The number of nitrogens with zero attached hydrogens (tertiary/aromatic N) is 2. The second-order valence-electron chi connectivity index (χ2n) is 7.05. The van der Waals surface area contributed by atoms with Gasteiger partial charge in [0, 0.05) is 17.9 Å². The van der Waals surface area contributed by atoms with Gasteiger partial charge in [-0.1, -0.05) is 30.5 Å². The quantitative estimate of drug-likeness (QED) is 0.936. The highest BCUT2D eigenvalue weighted by Crippen LogP contribution is 2.33. The topological polar surface area (TPSA) is 54.3 Å². The lowest BCUT2D eigenvalue weighted by Crippen LogP contribution is -2.50. The molecule has 1 saturated carbocycles. The third kappa shape index (κ3) is 2.95. The van der Waals surface area contributed by atoms with Gasteiger partial charge in [0.2, 0.25) is 11.8 Å². The fourth-order valence-corrected chi connectivity index (χ4v) is 3.92. The molecule has 1 N–H and O–H groups in total. The molecule has 2 heterocycles. The number of carbonyl (C=O) groups excluding carboxylic acids is 2. The van der Waals surface area contributed by atoms with Crippen LogP contribution in [0.2, 0.25) is 0 Å². The van der Waals surface area contributed by atoms with Gasteiger partial charge in [0.25, 0.3) is 0 Å². The minimum absolute atomic E-state index is 0.0564. The summed E-state index contributed by atoms with van der Waals surface area (Å²) in [5.74, 6) is -0.139. The molecular formula is C20H23N3O2. The highest BCUT2D eigenvalue weighted by Gasteiger charge is 2.39. The molecule has 5 heteroatoms. The summed E-state index contributed by atoms with van der Waals surface area (Å²) in [5.41, 5.74) is 2.77. The van der Waals surface area contributed by atoms with E-state index in [-0.39, 0.29) is 24.4 Å². The van der Waals surface area contributed by atoms with E-state index >= 15 is 0 Å². The molecule has 1 aliphatic carbocycles. The van der Waals surface area contributed by atoms with E-state index in [9.17, 15) is 9.59 Å². The molecule has 1 atom stereocenters. The van der Waals surface area contributed by atoms with Crippen LogP contribution >= 0.6 is 0 Å². The summed E-state index contributed by atoms with van der Waals surface area (Å²) < 4.78 is 1.88. The Balaban J connectivity index is 1.70.